The van der Waals surface area contributed by atoms with Crippen LogP contribution in [0.2, 0.25) is 0 Å². The molecule has 0 bridgehead atoms. The molecule has 0 heterocycles. The van der Waals surface area contributed by atoms with Crippen molar-refractivity contribution in [3.63, 3.8) is 0 Å². The highest BCUT2D eigenvalue weighted by molar-refractivity contribution is 6.29. The zero-order valence-corrected chi connectivity index (χ0v) is 11.0. The van der Waals surface area contributed by atoms with Crippen LogP contribution in [0.3, 0.4) is 0 Å². The largest absolute Gasteiger partial charge is 0.308 e. The Labute approximate surface area is 113 Å². The van der Waals surface area contributed by atoms with Crippen LogP contribution in [0.4, 0.5) is 0 Å². The molecule has 92 valence electrons. The van der Waals surface area contributed by atoms with Crippen LogP contribution in [-0.2, 0) is 6.54 Å². The number of nitrogens with one attached hydrogen (secondary N) is 1. The summed E-state index contributed by atoms with van der Waals surface area (Å²) < 4.78 is 0. The van der Waals surface area contributed by atoms with Crippen LogP contribution in [0.25, 0.3) is 11.1 Å². The van der Waals surface area contributed by atoms with E-state index in [0.29, 0.717) is 11.6 Å². The fraction of sp³-hybridized carbons (Fsp3) is 0.125. The second-order valence-corrected chi connectivity index (χ2v) is 4.72. The van der Waals surface area contributed by atoms with Gasteiger partial charge in [0.05, 0.1) is 0 Å². The summed E-state index contributed by atoms with van der Waals surface area (Å²) in [5, 5.41) is 3.86. The first kappa shape index (κ1) is 12.9. The summed E-state index contributed by atoms with van der Waals surface area (Å²) in [5.74, 6) is 0. The van der Waals surface area contributed by atoms with E-state index < -0.39 is 0 Å². The second kappa shape index (κ2) is 6.39. The maximum atomic E-state index is 5.69. The average Bonchev–Trinajstić information content (AvgIpc) is 2.40. The summed E-state index contributed by atoms with van der Waals surface area (Å²) in [6.07, 6.45) is 0. The first-order valence-electron chi connectivity index (χ1n) is 5.94. The number of hydrogen-bond acceptors (Lipinski definition) is 1. The van der Waals surface area contributed by atoms with Crippen molar-refractivity contribution in [2.75, 3.05) is 6.54 Å². The quantitative estimate of drug-likeness (QED) is 0.847. The Bertz CT molecular complexity index is 502. The molecule has 0 unspecified atom stereocenters. The third kappa shape index (κ3) is 3.73. The third-order valence-corrected chi connectivity index (χ3v) is 2.84. The van der Waals surface area contributed by atoms with Crippen LogP contribution >= 0.6 is 11.6 Å². The highest BCUT2D eigenvalue weighted by Crippen LogP contribution is 2.19. The van der Waals surface area contributed by atoms with Crippen LogP contribution in [0.5, 0.6) is 0 Å². The summed E-state index contributed by atoms with van der Waals surface area (Å²) in [6.45, 7) is 5.09. The average molecular weight is 258 g/mol. The molecule has 1 N–H and O–H groups in total. The lowest BCUT2D eigenvalue weighted by Gasteiger charge is -2.05. The van der Waals surface area contributed by atoms with Crippen molar-refractivity contribution in [3.05, 3.63) is 71.8 Å². The third-order valence-electron chi connectivity index (χ3n) is 2.71. The Morgan fingerprint density at radius 2 is 1.56 bits per heavy atom. The molecule has 0 spiro atoms. The number of benzene rings is 2. The van der Waals surface area contributed by atoms with E-state index in [2.05, 4.69) is 60.4 Å². The SMILES string of the molecule is C=C(Cl)CNCc1ccc(-c2ccccc2)cc1. The van der Waals surface area contributed by atoms with Crippen LogP contribution in [0.1, 0.15) is 5.56 Å². The van der Waals surface area contributed by atoms with Gasteiger partial charge in [0.2, 0.25) is 0 Å². The molecule has 2 aromatic rings. The van der Waals surface area contributed by atoms with Crippen molar-refractivity contribution >= 4 is 11.6 Å². The number of halogens is 1. The lowest BCUT2D eigenvalue weighted by Crippen LogP contribution is -2.14. The molecule has 2 aromatic carbocycles. The zero-order valence-electron chi connectivity index (χ0n) is 10.2. The van der Waals surface area contributed by atoms with E-state index in [1.807, 2.05) is 6.07 Å². The minimum atomic E-state index is 0.635. The normalized spacial score (nSPS) is 10.3. The van der Waals surface area contributed by atoms with Crippen LogP contribution < -0.4 is 5.32 Å². The summed E-state index contributed by atoms with van der Waals surface area (Å²) in [7, 11) is 0. The van der Waals surface area contributed by atoms with Gasteiger partial charge in [-0.1, -0.05) is 72.8 Å². The van der Waals surface area contributed by atoms with Gasteiger partial charge in [0.25, 0.3) is 0 Å². The highest BCUT2D eigenvalue weighted by Gasteiger charge is 1.97. The molecule has 0 saturated heterocycles. The van der Waals surface area contributed by atoms with Crippen LogP contribution in [-0.4, -0.2) is 6.54 Å². The smallest absolute Gasteiger partial charge is 0.0310 e. The first-order chi connectivity index (χ1) is 8.75. The van der Waals surface area contributed by atoms with Crippen LogP contribution in [0.15, 0.2) is 66.2 Å². The second-order valence-electron chi connectivity index (χ2n) is 4.18. The minimum Gasteiger partial charge on any atom is -0.308 e. The van der Waals surface area contributed by atoms with Crippen LogP contribution in [0, 0.1) is 0 Å². The number of hydrogen-bond donors (Lipinski definition) is 1. The molecular formula is C16H16ClN. The molecule has 0 aliphatic heterocycles. The molecule has 0 fully saturated rings. The topological polar surface area (TPSA) is 12.0 Å². The Kier molecular flexibility index (Phi) is 4.57. The first-order valence-corrected chi connectivity index (χ1v) is 6.32. The maximum Gasteiger partial charge on any atom is 0.0310 e. The fourth-order valence-electron chi connectivity index (χ4n) is 1.79. The van der Waals surface area contributed by atoms with Gasteiger partial charge in [-0.2, -0.15) is 0 Å². The van der Waals surface area contributed by atoms with Crippen molar-refractivity contribution in [1.82, 2.24) is 5.32 Å². The van der Waals surface area contributed by atoms with Gasteiger partial charge in [-0.3, -0.25) is 0 Å². The lowest BCUT2D eigenvalue weighted by molar-refractivity contribution is 0.755. The van der Waals surface area contributed by atoms with Gasteiger partial charge in [-0.15, -0.1) is 0 Å². The molecular weight excluding hydrogens is 242 g/mol. The lowest BCUT2D eigenvalue weighted by atomic mass is 10.0. The van der Waals surface area contributed by atoms with Gasteiger partial charge in [0.1, 0.15) is 0 Å². The molecule has 18 heavy (non-hydrogen) atoms. The Balaban J connectivity index is 2.00. The molecule has 0 aromatic heterocycles. The van der Waals surface area contributed by atoms with Crippen molar-refractivity contribution in [2.24, 2.45) is 0 Å². The highest BCUT2D eigenvalue weighted by atomic mass is 35.5. The van der Waals surface area contributed by atoms with E-state index in [1.165, 1.54) is 16.7 Å². The molecule has 0 aliphatic rings. The Hall–Kier alpha value is -1.57. The molecule has 0 aliphatic carbocycles. The summed E-state index contributed by atoms with van der Waals surface area (Å²) in [5.41, 5.74) is 3.72. The predicted octanol–water partition coefficient (Wildman–Crippen LogP) is 4.20. The van der Waals surface area contributed by atoms with Gasteiger partial charge < -0.3 is 5.32 Å². The van der Waals surface area contributed by atoms with Crippen molar-refractivity contribution in [1.29, 1.82) is 0 Å². The molecule has 0 amide bonds. The van der Waals surface area contributed by atoms with Crippen molar-refractivity contribution in [2.45, 2.75) is 6.54 Å². The van der Waals surface area contributed by atoms with E-state index in [9.17, 15) is 0 Å². The minimum absolute atomic E-state index is 0.635. The van der Waals surface area contributed by atoms with Crippen molar-refractivity contribution in [3.8, 4) is 11.1 Å². The van der Waals surface area contributed by atoms with E-state index in [4.69, 9.17) is 11.6 Å². The zero-order chi connectivity index (χ0) is 12.8. The summed E-state index contributed by atoms with van der Waals surface area (Å²) in [6, 6.07) is 18.9. The van der Waals surface area contributed by atoms with E-state index in [1.54, 1.807) is 0 Å². The fourth-order valence-corrected chi connectivity index (χ4v) is 1.88. The van der Waals surface area contributed by atoms with E-state index >= 15 is 0 Å². The maximum absolute atomic E-state index is 5.69. The van der Waals surface area contributed by atoms with Crippen molar-refractivity contribution < 1.29 is 0 Å². The summed E-state index contributed by atoms with van der Waals surface area (Å²) >= 11 is 5.69. The Morgan fingerprint density at radius 1 is 0.944 bits per heavy atom. The van der Waals surface area contributed by atoms with Gasteiger partial charge in [0.15, 0.2) is 0 Å². The molecule has 1 nitrogen and oxygen atoms in total. The van der Waals surface area contributed by atoms with E-state index in [0.717, 1.165) is 6.54 Å². The van der Waals surface area contributed by atoms with E-state index in [-0.39, 0.29) is 0 Å². The molecule has 2 heteroatoms. The van der Waals surface area contributed by atoms with Gasteiger partial charge in [0, 0.05) is 18.1 Å². The van der Waals surface area contributed by atoms with Gasteiger partial charge in [-0.05, 0) is 16.7 Å². The molecule has 0 saturated carbocycles. The Morgan fingerprint density at radius 3 is 2.17 bits per heavy atom. The molecule has 0 atom stereocenters. The number of rotatable bonds is 5. The van der Waals surface area contributed by atoms with Gasteiger partial charge >= 0.3 is 0 Å². The summed E-state index contributed by atoms with van der Waals surface area (Å²) in [4.78, 5) is 0. The molecule has 2 rings (SSSR count). The van der Waals surface area contributed by atoms with Gasteiger partial charge in [-0.25, -0.2) is 0 Å². The predicted molar refractivity (Wildman–Crippen MR) is 78.6 cm³/mol. The standard InChI is InChI=1S/C16H16ClN/c1-13(17)11-18-12-14-7-9-16(10-8-14)15-5-3-2-4-6-15/h2-10,18H,1,11-12H2. The molecule has 0 radical (unpaired) electrons. The monoisotopic (exact) mass is 257 g/mol.